The number of methoxy groups -OCH3 is 3. The van der Waals surface area contributed by atoms with E-state index >= 15 is 0 Å². The van der Waals surface area contributed by atoms with Crippen LogP contribution in [0.15, 0.2) is 53.6 Å². The first-order valence-corrected chi connectivity index (χ1v) is 9.92. The SMILES string of the molecule is COC(=O)c1ccc(CNC(=O)C2=C(Cc3cc(OC)cc(OC)c3)CCC2)cc1. The second-order valence-corrected chi connectivity index (χ2v) is 7.20. The average molecular weight is 409 g/mol. The zero-order valence-electron chi connectivity index (χ0n) is 17.6. The summed E-state index contributed by atoms with van der Waals surface area (Å²) in [5, 5.41) is 3.00. The third-order valence-corrected chi connectivity index (χ3v) is 5.26. The van der Waals surface area contributed by atoms with Gasteiger partial charge in [-0.2, -0.15) is 0 Å². The molecule has 1 amide bonds. The molecule has 6 nitrogen and oxygen atoms in total. The lowest BCUT2D eigenvalue weighted by Gasteiger charge is -2.12. The average Bonchev–Trinajstić information content (AvgIpc) is 3.25. The van der Waals surface area contributed by atoms with E-state index in [-0.39, 0.29) is 11.9 Å². The highest BCUT2D eigenvalue weighted by Gasteiger charge is 2.21. The standard InChI is InChI=1S/C24H27NO5/c1-28-20-12-17(13-21(14-20)29-2)11-19-5-4-6-22(19)23(26)25-15-16-7-9-18(10-8-16)24(27)30-3/h7-10,12-14H,4-6,11,15H2,1-3H3,(H,25,26). The van der Waals surface area contributed by atoms with Crippen molar-refractivity contribution in [3.05, 3.63) is 70.3 Å². The van der Waals surface area contributed by atoms with Crippen molar-refractivity contribution in [1.82, 2.24) is 5.32 Å². The van der Waals surface area contributed by atoms with Crippen LogP contribution >= 0.6 is 0 Å². The van der Waals surface area contributed by atoms with Crippen LogP contribution < -0.4 is 14.8 Å². The molecule has 0 saturated carbocycles. The number of allylic oxidation sites excluding steroid dienone is 1. The summed E-state index contributed by atoms with van der Waals surface area (Å²) >= 11 is 0. The number of amides is 1. The molecule has 0 fully saturated rings. The van der Waals surface area contributed by atoms with Crippen molar-refractivity contribution in [2.45, 2.75) is 32.2 Å². The molecule has 0 heterocycles. The first kappa shape index (κ1) is 21.4. The van der Waals surface area contributed by atoms with Gasteiger partial charge in [-0.05, 0) is 61.1 Å². The summed E-state index contributed by atoms with van der Waals surface area (Å²) < 4.78 is 15.4. The molecule has 0 bridgehead atoms. The first-order valence-electron chi connectivity index (χ1n) is 9.92. The minimum absolute atomic E-state index is 0.0330. The smallest absolute Gasteiger partial charge is 0.337 e. The Balaban J connectivity index is 1.67. The van der Waals surface area contributed by atoms with Crippen molar-refractivity contribution in [3.63, 3.8) is 0 Å². The van der Waals surface area contributed by atoms with Crippen LogP contribution in [0.1, 0.15) is 40.7 Å². The third kappa shape index (κ3) is 5.20. The predicted molar refractivity (Wildman–Crippen MR) is 114 cm³/mol. The van der Waals surface area contributed by atoms with Gasteiger partial charge in [0.05, 0.1) is 26.9 Å². The summed E-state index contributed by atoms with van der Waals surface area (Å²) in [7, 11) is 4.61. The second kappa shape index (κ2) is 9.96. The van der Waals surface area contributed by atoms with E-state index in [4.69, 9.17) is 14.2 Å². The Morgan fingerprint density at radius 3 is 2.17 bits per heavy atom. The van der Waals surface area contributed by atoms with Crippen molar-refractivity contribution in [2.24, 2.45) is 0 Å². The second-order valence-electron chi connectivity index (χ2n) is 7.20. The molecule has 2 aromatic rings. The summed E-state index contributed by atoms with van der Waals surface area (Å²) in [6.07, 6.45) is 3.37. The molecule has 1 aliphatic rings. The van der Waals surface area contributed by atoms with E-state index in [0.717, 1.165) is 53.0 Å². The van der Waals surface area contributed by atoms with Gasteiger partial charge >= 0.3 is 5.97 Å². The number of carbonyl (C=O) groups excluding carboxylic acids is 2. The van der Waals surface area contributed by atoms with E-state index < -0.39 is 0 Å². The summed E-state index contributed by atoms with van der Waals surface area (Å²) in [5.41, 5.74) is 4.49. The number of benzene rings is 2. The molecule has 0 radical (unpaired) electrons. The molecule has 0 saturated heterocycles. The monoisotopic (exact) mass is 409 g/mol. The number of esters is 1. The Labute approximate surface area is 176 Å². The highest BCUT2D eigenvalue weighted by molar-refractivity contribution is 5.94. The summed E-state index contributed by atoms with van der Waals surface area (Å²) in [6.45, 7) is 0.407. The highest BCUT2D eigenvalue weighted by atomic mass is 16.5. The fraction of sp³-hybridized carbons (Fsp3) is 0.333. The van der Waals surface area contributed by atoms with Crippen LogP contribution in [-0.2, 0) is 22.5 Å². The van der Waals surface area contributed by atoms with E-state index in [2.05, 4.69) is 5.32 Å². The molecule has 0 atom stereocenters. The topological polar surface area (TPSA) is 73.9 Å². The van der Waals surface area contributed by atoms with Gasteiger partial charge in [-0.15, -0.1) is 0 Å². The molecule has 158 valence electrons. The first-order chi connectivity index (χ1) is 14.5. The zero-order valence-corrected chi connectivity index (χ0v) is 17.6. The summed E-state index contributed by atoms with van der Waals surface area (Å²) in [5.74, 6) is 1.07. The van der Waals surface area contributed by atoms with Gasteiger partial charge in [-0.25, -0.2) is 4.79 Å². The number of ether oxygens (including phenoxy) is 3. The lowest BCUT2D eigenvalue weighted by molar-refractivity contribution is -0.117. The molecule has 3 rings (SSSR count). The molecular formula is C24H27NO5. The minimum atomic E-state index is -0.375. The van der Waals surface area contributed by atoms with Crippen molar-refractivity contribution in [3.8, 4) is 11.5 Å². The van der Waals surface area contributed by atoms with E-state index in [1.165, 1.54) is 7.11 Å². The van der Waals surface area contributed by atoms with Crippen molar-refractivity contribution in [1.29, 1.82) is 0 Å². The van der Waals surface area contributed by atoms with Crippen LogP contribution in [0.25, 0.3) is 0 Å². The van der Waals surface area contributed by atoms with Crippen LogP contribution in [0.2, 0.25) is 0 Å². The van der Waals surface area contributed by atoms with Gasteiger partial charge in [0, 0.05) is 18.2 Å². The van der Waals surface area contributed by atoms with Gasteiger partial charge in [0.2, 0.25) is 5.91 Å². The molecule has 0 unspecified atom stereocenters. The minimum Gasteiger partial charge on any atom is -0.497 e. The van der Waals surface area contributed by atoms with Crippen molar-refractivity contribution < 1.29 is 23.8 Å². The van der Waals surface area contributed by atoms with E-state index in [1.54, 1.807) is 26.4 Å². The number of carbonyl (C=O) groups is 2. The van der Waals surface area contributed by atoms with Gasteiger partial charge in [-0.1, -0.05) is 17.7 Å². The lowest BCUT2D eigenvalue weighted by Crippen LogP contribution is -2.24. The van der Waals surface area contributed by atoms with Gasteiger partial charge in [-0.3, -0.25) is 4.79 Å². The molecule has 0 aliphatic heterocycles. The van der Waals surface area contributed by atoms with Crippen molar-refractivity contribution in [2.75, 3.05) is 21.3 Å². The Kier molecular flexibility index (Phi) is 7.12. The van der Waals surface area contributed by atoms with Crippen molar-refractivity contribution >= 4 is 11.9 Å². The Morgan fingerprint density at radius 1 is 0.900 bits per heavy atom. The maximum atomic E-state index is 12.8. The van der Waals surface area contributed by atoms with Crippen LogP contribution in [0.5, 0.6) is 11.5 Å². The van der Waals surface area contributed by atoms with E-state index in [0.29, 0.717) is 18.5 Å². The summed E-state index contributed by atoms with van der Waals surface area (Å²) in [4.78, 5) is 24.3. The Morgan fingerprint density at radius 2 is 1.57 bits per heavy atom. The number of hydrogen-bond acceptors (Lipinski definition) is 5. The normalized spacial score (nSPS) is 13.2. The van der Waals surface area contributed by atoms with Gasteiger partial charge in [0.15, 0.2) is 0 Å². The van der Waals surface area contributed by atoms with Crippen LogP contribution in [-0.4, -0.2) is 33.2 Å². The Hall–Kier alpha value is -3.28. The lowest BCUT2D eigenvalue weighted by atomic mass is 10.0. The molecular weight excluding hydrogens is 382 g/mol. The highest BCUT2D eigenvalue weighted by Crippen LogP contribution is 2.31. The molecule has 2 aromatic carbocycles. The number of rotatable bonds is 8. The fourth-order valence-electron chi connectivity index (χ4n) is 3.66. The van der Waals surface area contributed by atoms with Gasteiger partial charge < -0.3 is 19.5 Å². The van der Waals surface area contributed by atoms with Gasteiger partial charge in [0.1, 0.15) is 11.5 Å². The molecule has 1 N–H and O–H groups in total. The third-order valence-electron chi connectivity index (χ3n) is 5.26. The van der Waals surface area contributed by atoms with Gasteiger partial charge in [0.25, 0.3) is 0 Å². The number of nitrogens with one attached hydrogen (secondary N) is 1. The van der Waals surface area contributed by atoms with Crippen LogP contribution in [0.3, 0.4) is 0 Å². The quantitative estimate of drug-likeness (QED) is 0.671. The van der Waals surface area contributed by atoms with Crippen LogP contribution in [0, 0.1) is 0 Å². The van der Waals surface area contributed by atoms with E-state index in [1.807, 2.05) is 30.3 Å². The number of hydrogen-bond donors (Lipinski definition) is 1. The van der Waals surface area contributed by atoms with E-state index in [9.17, 15) is 9.59 Å². The molecule has 1 aliphatic carbocycles. The Bertz CT molecular complexity index is 924. The largest absolute Gasteiger partial charge is 0.497 e. The molecule has 0 spiro atoms. The molecule has 0 aromatic heterocycles. The molecule has 6 heteroatoms. The maximum Gasteiger partial charge on any atom is 0.337 e. The zero-order chi connectivity index (χ0) is 21.5. The fourth-order valence-corrected chi connectivity index (χ4v) is 3.66. The molecule has 30 heavy (non-hydrogen) atoms. The maximum absolute atomic E-state index is 12.8. The predicted octanol–water partition coefficient (Wildman–Crippen LogP) is 3.83. The van der Waals surface area contributed by atoms with Crippen LogP contribution in [0.4, 0.5) is 0 Å². The summed E-state index contributed by atoms with van der Waals surface area (Å²) in [6, 6.07) is 12.8.